The van der Waals surface area contributed by atoms with Crippen LogP contribution in [-0.4, -0.2) is 25.1 Å². The molecule has 3 aromatic rings. The lowest BCUT2D eigenvalue weighted by Gasteiger charge is -2.13. The lowest BCUT2D eigenvalue weighted by molar-refractivity contribution is 0.102. The highest BCUT2D eigenvalue weighted by atomic mass is 32.1. The van der Waals surface area contributed by atoms with Crippen molar-refractivity contribution >= 4 is 22.4 Å². The van der Waals surface area contributed by atoms with Gasteiger partial charge >= 0.3 is 0 Å². The number of ether oxygens (including phenoxy) is 2. The van der Waals surface area contributed by atoms with Gasteiger partial charge < -0.3 is 9.47 Å². The molecule has 1 heterocycles. The molecule has 2 aromatic carbocycles. The average Bonchev–Trinajstić information content (AvgIpc) is 3.10. The van der Waals surface area contributed by atoms with Gasteiger partial charge in [-0.05, 0) is 30.5 Å². The number of amides is 1. The van der Waals surface area contributed by atoms with Crippen molar-refractivity contribution in [2.24, 2.45) is 0 Å². The van der Waals surface area contributed by atoms with E-state index in [4.69, 9.17) is 9.47 Å². The number of hydrogen-bond acceptors (Lipinski definition) is 5. The summed E-state index contributed by atoms with van der Waals surface area (Å²) in [4.78, 5) is 18.6. The summed E-state index contributed by atoms with van der Waals surface area (Å²) in [5.41, 5.74) is 3.85. The Bertz CT molecular complexity index is 981. The van der Waals surface area contributed by atoms with Crippen LogP contribution in [0.25, 0.3) is 11.3 Å². The van der Waals surface area contributed by atoms with Crippen molar-refractivity contribution in [2.45, 2.75) is 12.8 Å². The second-order valence-corrected chi connectivity index (χ2v) is 7.03. The van der Waals surface area contributed by atoms with Gasteiger partial charge in [-0.3, -0.25) is 10.1 Å². The number of carbonyl (C=O) groups excluding carboxylic acids is 1. The molecule has 26 heavy (non-hydrogen) atoms. The minimum atomic E-state index is -0.264. The van der Waals surface area contributed by atoms with E-state index >= 15 is 0 Å². The summed E-state index contributed by atoms with van der Waals surface area (Å²) < 4.78 is 10.6. The zero-order valence-electron chi connectivity index (χ0n) is 14.5. The van der Waals surface area contributed by atoms with Crippen molar-refractivity contribution in [3.05, 3.63) is 58.5 Å². The fourth-order valence-electron chi connectivity index (χ4n) is 3.23. The number of para-hydroxylation sites is 1. The zero-order valence-corrected chi connectivity index (χ0v) is 15.4. The lowest BCUT2D eigenvalue weighted by Crippen LogP contribution is -2.13. The number of hydrogen-bond donors (Lipinski definition) is 1. The number of anilines is 1. The fraction of sp³-hybridized carbons (Fsp3) is 0.200. The molecule has 1 amide bonds. The Morgan fingerprint density at radius 2 is 1.92 bits per heavy atom. The molecular weight excluding hydrogens is 348 g/mol. The van der Waals surface area contributed by atoms with Crippen LogP contribution < -0.4 is 14.8 Å². The molecule has 0 aliphatic heterocycles. The molecule has 0 saturated heterocycles. The van der Waals surface area contributed by atoms with Gasteiger partial charge in [0.2, 0.25) is 0 Å². The Hall–Kier alpha value is -2.86. The van der Waals surface area contributed by atoms with E-state index in [9.17, 15) is 4.79 Å². The molecule has 1 N–H and O–H groups in total. The van der Waals surface area contributed by atoms with Crippen LogP contribution in [0.3, 0.4) is 0 Å². The van der Waals surface area contributed by atoms with Crippen LogP contribution in [0.2, 0.25) is 0 Å². The van der Waals surface area contributed by atoms with Crippen molar-refractivity contribution < 1.29 is 14.3 Å². The molecular formula is C20H18N2O3S. The molecule has 0 fully saturated rings. The molecule has 1 aromatic heterocycles. The summed E-state index contributed by atoms with van der Waals surface area (Å²) in [6, 6.07) is 13.5. The van der Waals surface area contributed by atoms with E-state index in [-0.39, 0.29) is 5.91 Å². The zero-order chi connectivity index (χ0) is 18.1. The minimum Gasteiger partial charge on any atom is -0.493 e. The molecule has 1 aliphatic carbocycles. The highest BCUT2D eigenvalue weighted by molar-refractivity contribution is 7.16. The van der Waals surface area contributed by atoms with Gasteiger partial charge in [-0.1, -0.05) is 30.3 Å². The number of nitrogens with one attached hydrogen (secondary N) is 1. The number of fused-ring (bicyclic) bond motifs is 3. The van der Waals surface area contributed by atoms with Crippen LogP contribution in [-0.2, 0) is 12.8 Å². The first-order valence-electron chi connectivity index (χ1n) is 8.31. The smallest absolute Gasteiger partial charge is 0.261 e. The molecule has 0 atom stereocenters. The van der Waals surface area contributed by atoms with Crippen molar-refractivity contribution in [1.82, 2.24) is 4.98 Å². The van der Waals surface area contributed by atoms with Gasteiger partial charge in [-0.25, -0.2) is 4.98 Å². The standard InChI is InChI=1S/C20H18N2O3S/c1-24-15-9-5-8-14(18(15)25-2)19(23)22-20-21-17-13-7-4-3-6-12(13)10-11-16(17)26-20/h3-9H,10-11H2,1-2H3,(H,21,22,23). The molecule has 5 nitrogen and oxygen atoms in total. The third-order valence-corrected chi connectivity index (χ3v) is 5.49. The van der Waals surface area contributed by atoms with Crippen LogP contribution >= 0.6 is 11.3 Å². The maximum absolute atomic E-state index is 12.7. The summed E-state index contributed by atoms with van der Waals surface area (Å²) in [5, 5.41) is 3.50. The van der Waals surface area contributed by atoms with Gasteiger partial charge in [-0.2, -0.15) is 0 Å². The van der Waals surface area contributed by atoms with Gasteiger partial charge in [0, 0.05) is 10.4 Å². The monoisotopic (exact) mass is 366 g/mol. The van der Waals surface area contributed by atoms with Crippen LogP contribution in [0.1, 0.15) is 20.8 Å². The Morgan fingerprint density at radius 3 is 2.73 bits per heavy atom. The largest absolute Gasteiger partial charge is 0.493 e. The Kier molecular flexibility index (Phi) is 4.34. The van der Waals surface area contributed by atoms with Crippen LogP contribution in [0, 0.1) is 0 Å². The van der Waals surface area contributed by atoms with Gasteiger partial charge in [-0.15, -0.1) is 11.3 Å². The highest BCUT2D eigenvalue weighted by Gasteiger charge is 2.22. The van der Waals surface area contributed by atoms with E-state index < -0.39 is 0 Å². The first kappa shape index (κ1) is 16.6. The van der Waals surface area contributed by atoms with E-state index in [0.717, 1.165) is 24.1 Å². The molecule has 0 unspecified atom stereocenters. The number of aromatic nitrogens is 1. The predicted molar refractivity (Wildman–Crippen MR) is 102 cm³/mol. The Balaban J connectivity index is 1.64. The van der Waals surface area contributed by atoms with Crippen molar-refractivity contribution in [3.63, 3.8) is 0 Å². The molecule has 0 spiro atoms. The van der Waals surface area contributed by atoms with Gasteiger partial charge in [0.1, 0.15) is 0 Å². The van der Waals surface area contributed by atoms with E-state index in [1.54, 1.807) is 25.3 Å². The summed E-state index contributed by atoms with van der Waals surface area (Å²) in [7, 11) is 3.07. The van der Waals surface area contributed by atoms with Gasteiger partial charge in [0.15, 0.2) is 16.6 Å². The molecule has 0 bridgehead atoms. The van der Waals surface area contributed by atoms with Crippen LogP contribution in [0.15, 0.2) is 42.5 Å². The summed E-state index contributed by atoms with van der Waals surface area (Å²) in [6.45, 7) is 0. The Morgan fingerprint density at radius 1 is 1.08 bits per heavy atom. The quantitative estimate of drug-likeness (QED) is 0.752. The van der Waals surface area contributed by atoms with E-state index in [1.807, 2.05) is 12.1 Å². The second-order valence-electron chi connectivity index (χ2n) is 5.94. The van der Waals surface area contributed by atoms with Crippen molar-refractivity contribution in [3.8, 4) is 22.8 Å². The second kappa shape index (κ2) is 6.80. The topological polar surface area (TPSA) is 60.5 Å². The van der Waals surface area contributed by atoms with E-state index in [1.165, 1.54) is 28.9 Å². The fourth-order valence-corrected chi connectivity index (χ4v) is 4.20. The number of benzene rings is 2. The molecule has 1 aliphatic rings. The number of rotatable bonds is 4. The summed E-state index contributed by atoms with van der Waals surface area (Å²) in [5.74, 6) is 0.673. The SMILES string of the molecule is COc1cccc(C(=O)Nc2nc3c(s2)CCc2ccccc2-3)c1OC. The van der Waals surface area contributed by atoms with Crippen molar-refractivity contribution in [2.75, 3.05) is 19.5 Å². The maximum Gasteiger partial charge on any atom is 0.261 e. The van der Waals surface area contributed by atoms with Gasteiger partial charge in [0.25, 0.3) is 5.91 Å². The first-order chi connectivity index (χ1) is 12.7. The first-order valence-corrected chi connectivity index (χ1v) is 9.13. The van der Waals surface area contributed by atoms with Crippen molar-refractivity contribution in [1.29, 1.82) is 0 Å². The molecule has 4 rings (SSSR count). The molecule has 0 saturated carbocycles. The van der Waals surface area contributed by atoms with E-state index in [2.05, 4.69) is 22.4 Å². The molecule has 0 radical (unpaired) electrons. The minimum absolute atomic E-state index is 0.264. The van der Waals surface area contributed by atoms with E-state index in [0.29, 0.717) is 22.2 Å². The third kappa shape index (κ3) is 2.82. The number of nitrogens with zero attached hydrogens (tertiary/aromatic N) is 1. The van der Waals surface area contributed by atoms with Crippen LogP contribution in [0.4, 0.5) is 5.13 Å². The molecule has 6 heteroatoms. The highest BCUT2D eigenvalue weighted by Crippen LogP contribution is 2.38. The number of aryl methyl sites for hydroxylation is 2. The predicted octanol–water partition coefficient (Wildman–Crippen LogP) is 4.18. The maximum atomic E-state index is 12.7. The Labute approximate surface area is 155 Å². The molecule has 132 valence electrons. The average molecular weight is 366 g/mol. The van der Waals surface area contributed by atoms with Crippen LogP contribution in [0.5, 0.6) is 11.5 Å². The van der Waals surface area contributed by atoms with Gasteiger partial charge in [0.05, 0.1) is 25.5 Å². The summed E-state index contributed by atoms with van der Waals surface area (Å²) >= 11 is 1.53. The summed E-state index contributed by atoms with van der Waals surface area (Å²) in [6.07, 6.45) is 1.95. The normalized spacial score (nSPS) is 12.1. The lowest BCUT2D eigenvalue weighted by atomic mass is 9.94. The number of carbonyl (C=O) groups is 1. The third-order valence-electron chi connectivity index (χ3n) is 4.46. The number of methoxy groups -OCH3 is 2. The number of thiazole rings is 1.